The maximum atomic E-state index is 6.30. The molecule has 2 N–H and O–H groups in total. The third-order valence-electron chi connectivity index (χ3n) is 4.89. The molecule has 2 fully saturated rings. The molecule has 1 aromatic heterocycles. The predicted molar refractivity (Wildman–Crippen MR) is 81.9 cm³/mol. The van der Waals surface area contributed by atoms with E-state index in [1.807, 2.05) is 0 Å². The highest BCUT2D eigenvalue weighted by molar-refractivity contribution is 5.35. The van der Waals surface area contributed by atoms with E-state index in [0.717, 1.165) is 36.3 Å². The van der Waals surface area contributed by atoms with Crippen molar-refractivity contribution in [2.45, 2.75) is 52.0 Å². The molecule has 0 aromatic carbocycles. The van der Waals surface area contributed by atoms with Gasteiger partial charge >= 0.3 is 0 Å². The molecule has 1 aromatic rings. The smallest absolute Gasteiger partial charge is 0.225 e. The fourth-order valence-electron chi connectivity index (χ4n) is 3.69. The van der Waals surface area contributed by atoms with Crippen LogP contribution in [0.15, 0.2) is 6.07 Å². The first kappa shape index (κ1) is 13.8. The van der Waals surface area contributed by atoms with Crippen molar-refractivity contribution in [1.29, 1.82) is 0 Å². The molecular formula is C16H26N4. The van der Waals surface area contributed by atoms with Gasteiger partial charge in [0.05, 0.1) is 0 Å². The maximum absolute atomic E-state index is 6.30. The molecule has 4 nitrogen and oxygen atoms in total. The largest absolute Gasteiger partial charge is 0.340 e. The Balaban J connectivity index is 1.83. The lowest BCUT2D eigenvalue weighted by molar-refractivity contribution is 0.260. The highest BCUT2D eigenvalue weighted by atomic mass is 15.3. The highest BCUT2D eigenvalue weighted by Gasteiger charge is 2.39. The lowest BCUT2D eigenvalue weighted by atomic mass is 9.78. The van der Waals surface area contributed by atoms with Gasteiger partial charge in [0.25, 0.3) is 0 Å². The summed E-state index contributed by atoms with van der Waals surface area (Å²) in [7, 11) is 0. The zero-order valence-corrected chi connectivity index (χ0v) is 12.8. The van der Waals surface area contributed by atoms with Crippen molar-refractivity contribution in [3.05, 3.63) is 17.5 Å². The second kappa shape index (κ2) is 5.32. The van der Waals surface area contributed by atoms with Crippen molar-refractivity contribution >= 4 is 5.95 Å². The van der Waals surface area contributed by atoms with Gasteiger partial charge in [-0.3, -0.25) is 0 Å². The van der Waals surface area contributed by atoms with Gasteiger partial charge < -0.3 is 10.6 Å². The summed E-state index contributed by atoms with van der Waals surface area (Å²) < 4.78 is 0. The normalized spacial score (nSPS) is 29.9. The monoisotopic (exact) mass is 274 g/mol. The van der Waals surface area contributed by atoms with Crippen LogP contribution in [-0.2, 0) is 0 Å². The minimum Gasteiger partial charge on any atom is -0.340 e. The van der Waals surface area contributed by atoms with E-state index in [9.17, 15) is 0 Å². The Morgan fingerprint density at radius 2 is 2.05 bits per heavy atom. The van der Waals surface area contributed by atoms with E-state index >= 15 is 0 Å². The van der Waals surface area contributed by atoms with E-state index in [2.05, 4.69) is 36.7 Å². The summed E-state index contributed by atoms with van der Waals surface area (Å²) >= 11 is 0. The Morgan fingerprint density at radius 1 is 1.25 bits per heavy atom. The summed E-state index contributed by atoms with van der Waals surface area (Å²) in [6.45, 7) is 8.55. The van der Waals surface area contributed by atoms with Crippen molar-refractivity contribution < 1.29 is 0 Å². The minimum absolute atomic E-state index is 0.369. The first-order chi connectivity index (χ1) is 9.54. The van der Waals surface area contributed by atoms with Gasteiger partial charge in [-0.15, -0.1) is 0 Å². The lowest BCUT2D eigenvalue weighted by Gasteiger charge is -2.29. The van der Waals surface area contributed by atoms with Gasteiger partial charge in [-0.25, -0.2) is 9.97 Å². The Kier molecular flexibility index (Phi) is 3.67. The minimum atomic E-state index is 0.369. The first-order valence-electron chi connectivity index (χ1n) is 7.90. The molecule has 1 saturated carbocycles. The third-order valence-corrected chi connectivity index (χ3v) is 4.89. The number of aryl methyl sites for hydroxylation is 1. The Bertz CT molecular complexity index is 485. The third kappa shape index (κ3) is 2.53. The number of aromatic nitrogens is 2. The van der Waals surface area contributed by atoms with E-state index in [1.165, 1.54) is 19.3 Å². The van der Waals surface area contributed by atoms with Crippen LogP contribution in [0, 0.1) is 18.8 Å². The van der Waals surface area contributed by atoms with Gasteiger partial charge in [-0.1, -0.05) is 20.3 Å². The van der Waals surface area contributed by atoms with E-state index in [1.54, 1.807) is 0 Å². The van der Waals surface area contributed by atoms with Crippen LogP contribution < -0.4 is 10.6 Å². The second-order valence-electron chi connectivity index (χ2n) is 6.81. The van der Waals surface area contributed by atoms with Crippen molar-refractivity contribution in [3.63, 3.8) is 0 Å². The number of fused-ring (bicyclic) bond motifs is 1. The molecule has 1 saturated heterocycles. The lowest BCUT2D eigenvalue weighted by Crippen LogP contribution is -2.38. The summed E-state index contributed by atoms with van der Waals surface area (Å²) in [6, 6.07) is 2.47. The van der Waals surface area contributed by atoms with E-state index in [4.69, 9.17) is 10.7 Å². The van der Waals surface area contributed by atoms with Gasteiger partial charge in [-0.05, 0) is 43.6 Å². The summed E-state index contributed by atoms with van der Waals surface area (Å²) in [5.74, 6) is 2.73. The Hall–Kier alpha value is -1.16. The molecule has 1 aliphatic heterocycles. The number of nitrogens with two attached hydrogens (primary N) is 1. The van der Waals surface area contributed by atoms with Crippen LogP contribution in [0.2, 0.25) is 0 Å². The average Bonchev–Trinajstić information content (AvgIpc) is 2.83. The molecule has 0 amide bonds. The first-order valence-corrected chi connectivity index (χ1v) is 7.90. The van der Waals surface area contributed by atoms with Crippen LogP contribution in [0.4, 0.5) is 5.95 Å². The quantitative estimate of drug-likeness (QED) is 0.900. The number of anilines is 1. The molecular weight excluding hydrogens is 248 g/mol. The molecule has 3 rings (SSSR count). The molecule has 4 heteroatoms. The fourth-order valence-corrected chi connectivity index (χ4v) is 3.69. The van der Waals surface area contributed by atoms with Crippen molar-refractivity contribution in [1.82, 2.24) is 9.97 Å². The van der Waals surface area contributed by atoms with Crippen LogP contribution in [0.25, 0.3) is 0 Å². The fraction of sp³-hybridized carbons (Fsp3) is 0.750. The number of hydrogen-bond acceptors (Lipinski definition) is 4. The van der Waals surface area contributed by atoms with Crippen LogP contribution in [0.3, 0.4) is 0 Å². The molecule has 3 atom stereocenters. The molecule has 0 bridgehead atoms. The van der Waals surface area contributed by atoms with E-state index in [-0.39, 0.29) is 0 Å². The van der Waals surface area contributed by atoms with Crippen LogP contribution in [-0.4, -0.2) is 29.1 Å². The molecule has 2 aliphatic rings. The van der Waals surface area contributed by atoms with Gasteiger partial charge in [0, 0.05) is 30.5 Å². The molecule has 1 aliphatic carbocycles. The molecule has 20 heavy (non-hydrogen) atoms. The SMILES string of the molecule is Cc1cc(C(C)C)nc(N2CC3CCCC(N)C3C2)n1. The van der Waals surface area contributed by atoms with Crippen LogP contribution >= 0.6 is 0 Å². The van der Waals surface area contributed by atoms with Crippen molar-refractivity contribution in [2.75, 3.05) is 18.0 Å². The second-order valence-corrected chi connectivity index (χ2v) is 6.81. The van der Waals surface area contributed by atoms with Crippen molar-refractivity contribution in [2.24, 2.45) is 17.6 Å². The highest BCUT2D eigenvalue weighted by Crippen LogP contribution is 2.36. The summed E-state index contributed by atoms with van der Waals surface area (Å²) in [4.78, 5) is 11.8. The average molecular weight is 274 g/mol. The van der Waals surface area contributed by atoms with E-state index in [0.29, 0.717) is 17.9 Å². The number of hydrogen-bond donors (Lipinski definition) is 1. The molecule has 0 radical (unpaired) electrons. The summed E-state index contributed by atoms with van der Waals surface area (Å²) in [5.41, 5.74) is 8.51. The van der Waals surface area contributed by atoms with Crippen LogP contribution in [0.5, 0.6) is 0 Å². The zero-order chi connectivity index (χ0) is 14.3. The summed E-state index contributed by atoms with van der Waals surface area (Å²) in [5, 5.41) is 0. The Labute approximate surface area is 121 Å². The topological polar surface area (TPSA) is 55.0 Å². The predicted octanol–water partition coefficient (Wildman–Crippen LogP) is 2.47. The number of rotatable bonds is 2. The number of nitrogens with zero attached hydrogens (tertiary/aromatic N) is 3. The van der Waals surface area contributed by atoms with Gasteiger partial charge in [-0.2, -0.15) is 0 Å². The molecule has 0 spiro atoms. The summed E-state index contributed by atoms with van der Waals surface area (Å²) in [6.07, 6.45) is 3.78. The Morgan fingerprint density at radius 3 is 2.75 bits per heavy atom. The van der Waals surface area contributed by atoms with Gasteiger partial charge in [0.1, 0.15) is 0 Å². The molecule has 3 unspecified atom stereocenters. The van der Waals surface area contributed by atoms with Crippen molar-refractivity contribution in [3.8, 4) is 0 Å². The maximum Gasteiger partial charge on any atom is 0.225 e. The van der Waals surface area contributed by atoms with Gasteiger partial charge in [0.2, 0.25) is 5.95 Å². The zero-order valence-electron chi connectivity index (χ0n) is 12.8. The van der Waals surface area contributed by atoms with Gasteiger partial charge in [0.15, 0.2) is 0 Å². The van der Waals surface area contributed by atoms with E-state index < -0.39 is 0 Å². The standard InChI is InChI=1S/C16H26N4/c1-10(2)15-7-11(3)18-16(19-15)20-8-12-5-4-6-14(17)13(12)9-20/h7,10,12-14H,4-6,8-9,17H2,1-3H3. The van der Waals surface area contributed by atoms with Crippen LogP contribution in [0.1, 0.15) is 50.4 Å². The molecule has 2 heterocycles. The molecule has 110 valence electrons.